The van der Waals surface area contributed by atoms with Crippen LogP contribution in [0.1, 0.15) is 18.1 Å². The van der Waals surface area contributed by atoms with Crippen molar-refractivity contribution in [3.8, 4) is 0 Å². The molecule has 0 bridgehead atoms. The minimum absolute atomic E-state index is 0.245. The van der Waals surface area contributed by atoms with Crippen molar-refractivity contribution in [2.24, 2.45) is 0 Å². The lowest BCUT2D eigenvalue weighted by atomic mass is 9.91. The lowest BCUT2D eigenvalue weighted by molar-refractivity contribution is -0.148. The van der Waals surface area contributed by atoms with E-state index in [1.54, 1.807) is 6.92 Å². The first-order valence-electron chi connectivity index (χ1n) is 6.62. The van der Waals surface area contributed by atoms with Gasteiger partial charge in [0, 0.05) is 6.42 Å². The van der Waals surface area contributed by atoms with Gasteiger partial charge in [-0.15, -0.1) is 11.6 Å². The summed E-state index contributed by atoms with van der Waals surface area (Å²) in [7, 11) is 0. The zero-order chi connectivity index (χ0) is 14.3. The van der Waals surface area contributed by atoms with Gasteiger partial charge in [-0.25, -0.2) is 0 Å². The molecule has 1 N–H and O–H groups in total. The molecule has 3 rings (SSSR count). The molecule has 1 aliphatic rings. The highest BCUT2D eigenvalue weighted by molar-refractivity contribution is 6.31. The van der Waals surface area contributed by atoms with E-state index in [1.165, 1.54) is 0 Å². The molecule has 0 heterocycles. The Balaban J connectivity index is 2.11. The van der Waals surface area contributed by atoms with Crippen molar-refractivity contribution in [1.82, 2.24) is 0 Å². The minimum Gasteiger partial charge on any atom is -0.465 e. The van der Waals surface area contributed by atoms with Gasteiger partial charge in [0.25, 0.3) is 0 Å². The topological polar surface area (TPSA) is 46.5 Å². The fourth-order valence-corrected chi connectivity index (χ4v) is 3.21. The molecule has 0 amide bonds. The zero-order valence-electron chi connectivity index (χ0n) is 11.1. The summed E-state index contributed by atoms with van der Waals surface area (Å²) >= 11 is 6.21. The molecule has 2 aromatic rings. The van der Waals surface area contributed by atoms with Crippen LogP contribution in [0, 0.1) is 0 Å². The predicted molar refractivity (Wildman–Crippen MR) is 77.8 cm³/mol. The lowest BCUT2D eigenvalue weighted by Crippen LogP contribution is -2.41. The summed E-state index contributed by atoms with van der Waals surface area (Å²) in [6.45, 7) is 1.96. The van der Waals surface area contributed by atoms with Gasteiger partial charge in [-0.2, -0.15) is 0 Å². The van der Waals surface area contributed by atoms with Gasteiger partial charge in [0.05, 0.1) is 6.61 Å². The van der Waals surface area contributed by atoms with Crippen LogP contribution in [0.5, 0.6) is 0 Å². The van der Waals surface area contributed by atoms with Crippen molar-refractivity contribution >= 4 is 28.3 Å². The number of rotatable bonds is 3. The Bertz CT molecular complexity index is 677. The number of hydrogen-bond acceptors (Lipinski definition) is 3. The molecule has 3 nitrogen and oxygen atoms in total. The second-order valence-corrected chi connectivity index (χ2v) is 5.47. The molecule has 0 saturated heterocycles. The van der Waals surface area contributed by atoms with E-state index in [2.05, 4.69) is 0 Å². The number of ether oxygens (including phenoxy) is 1. The highest BCUT2D eigenvalue weighted by atomic mass is 35.5. The SMILES string of the molecule is CCOC(=O)C(Cl)C1(O)Cc2cccc3cccc1c23. The molecule has 0 saturated carbocycles. The van der Waals surface area contributed by atoms with Crippen molar-refractivity contribution < 1.29 is 14.6 Å². The number of hydrogen-bond donors (Lipinski definition) is 1. The Kier molecular flexibility index (Phi) is 3.19. The maximum atomic E-state index is 11.9. The summed E-state index contributed by atoms with van der Waals surface area (Å²) in [6.07, 6.45) is 0.330. The second-order valence-electron chi connectivity index (χ2n) is 5.04. The molecule has 1 aliphatic carbocycles. The number of benzene rings is 2. The number of halogens is 1. The van der Waals surface area contributed by atoms with Crippen LogP contribution in [0.4, 0.5) is 0 Å². The van der Waals surface area contributed by atoms with E-state index in [0.717, 1.165) is 16.3 Å². The molecule has 4 heteroatoms. The van der Waals surface area contributed by atoms with Gasteiger partial charge in [0.1, 0.15) is 5.60 Å². The van der Waals surface area contributed by atoms with E-state index in [4.69, 9.17) is 16.3 Å². The number of alkyl halides is 1. The summed E-state index contributed by atoms with van der Waals surface area (Å²) in [5.41, 5.74) is 0.311. The smallest absolute Gasteiger partial charge is 0.327 e. The van der Waals surface area contributed by atoms with Crippen LogP contribution in [0.3, 0.4) is 0 Å². The van der Waals surface area contributed by atoms with Crippen LogP contribution in [0.15, 0.2) is 36.4 Å². The Labute approximate surface area is 122 Å². The second kappa shape index (κ2) is 4.76. The maximum absolute atomic E-state index is 11.9. The molecule has 0 radical (unpaired) electrons. The molecule has 2 atom stereocenters. The Morgan fingerprint density at radius 1 is 1.40 bits per heavy atom. The van der Waals surface area contributed by atoms with Crippen molar-refractivity contribution in [2.75, 3.05) is 6.61 Å². The van der Waals surface area contributed by atoms with Crippen LogP contribution in [0.2, 0.25) is 0 Å². The number of carbonyl (C=O) groups excluding carboxylic acids is 1. The summed E-state index contributed by atoms with van der Waals surface area (Å²) in [6, 6.07) is 11.6. The minimum atomic E-state index is -1.41. The van der Waals surface area contributed by atoms with E-state index in [1.807, 2.05) is 36.4 Å². The first kappa shape index (κ1) is 13.4. The first-order chi connectivity index (χ1) is 9.58. The van der Waals surface area contributed by atoms with Crippen molar-refractivity contribution in [1.29, 1.82) is 0 Å². The third-order valence-electron chi connectivity index (χ3n) is 3.83. The normalized spacial score (nSPS) is 21.9. The van der Waals surface area contributed by atoms with E-state index in [0.29, 0.717) is 12.0 Å². The van der Waals surface area contributed by atoms with Gasteiger partial charge in [0.15, 0.2) is 5.38 Å². The number of carbonyl (C=O) groups is 1. The Morgan fingerprint density at radius 2 is 2.10 bits per heavy atom. The highest BCUT2D eigenvalue weighted by Gasteiger charge is 2.47. The zero-order valence-corrected chi connectivity index (χ0v) is 11.9. The van der Waals surface area contributed by atoms with Crippen molar-refractivity contribution in [3.05, 3.63) is 47.5 Å². The van der Waals surface area contributed by atoms with Gasteiger partial charge in [-0.1, -0.05) is 36.4 Å². The lowest BCUT2D eigenvalue weighted by Gasteiger charge is -2.28. The monoisotopic (exact) mass is 290 g/mol. The molecule has 2 aromatic carbocycles. The fourth-order valence-electron chi connectivity index (χ4n) is 2.95. The van der Waals surface area contributed by atoms with Crippen LogP contribution < -0.4 is 0 Å². The molecule has 0 fully saturated rings. The van der Waals surface area contributed by atoms with Gasteiger partial charge in [-0.05, 0) is 28.8 Å². The maximum Gasteiger partial charge on any atom is 0.327 e. The first-order valence-corrected chi connectivity index (χ1v) is 7.05. The predicted octanol–water partition coefficient (Wildman–Crippen LogP) is 2.75. The average Bonchev–Trinajstić information content (AvgIpc) is 2.75. The Hall–Kier alpha value is -1.58. The fraction of sp³-hybridized carbons (Fsp3) is 0.312. The van der Waals surface area contributed by atoms with Crippen LogP contribution in [0.25, 0.3) is 10.8 Å². The summed E-state index contributed by atoms with van der Waals surface area (Å²) < 4.78 is 4.95. The molecule has 20 heavy (non-hydrogen) atoms. The van der Waals surface area contributed by atoms with Crippen LogP contribution in [-0.2, 0) is 21.6 Å². The van der Waals surface area contributed by atoms with Gasteiger partial charge < -0.3 is 9.84 Å². The molecule has 0 aromatic heterocycles. The van der Waals surface area contributed by atoms with Crippen molar-refractivity contribution in [2.45, 2.75) is 24.3 Å². The van der Waals surface area contributed by atoms with Gasteiger partial charge >= 0.3 is 5.97 Å². The van der Waals surface area contributed by atoms with Crippen LogP contribution >= 0.6 is 11.6 Å². The van der Waals surface area contributed by atoms with Gasteiger partial charge in [0.2, 0.25) is 0 Å². The van der Waals surface area contributed by atoms with E-state index in [-0.39, 0.29) is 6.61 Å². The molecular weight excluding hydrogens is 276 g/mol. The molecule has 0 aliphatic heterocycles. The summed E-state index contributed by atoms with van der Waals surface area (Å²) in [5.74, 6) is -0.582. The third-order valence-corrected chi connectivity index (χ3v) is 4.37. The summed E-state index contributed by atoms with van der Waals surface area (Å²) in [5, 5.41) is 11.9. The highest BCUT2D eigenvalue weighted by Crippen LogP contribution is 2.44. The van der Waals surface area contributed by atoms with E-state index < -0.39 is 16.9 Å². The van der Waals surface area contributed by atoms with Crippen LogP contribution in [-0.4, -0.2) is 23.1 Å². The summed E-state index contributed by atoms with van der Waals surface area (Å²) in [4.78, 5) is 11.9. The Morgan fingerprint density at radius 3 is 2.80 bits per heavy atom. The molecular formula is C16H15ClO3. The number of esters is 1. The molecule has 104 valence electrons. The largest absolute Gasteiger partial charge is 0.465 e. The molecule has 2 unspecified atom stereocenters. The third kappa shape index (κ3) is 1.81. The van der Waals surface area contributed by atoms with Crippen molar-refractivity contribution in [3.63, 3.8) is 0 Å². The molecule has 0 spiro atoms. The number of aliphatic hydroxyl groups is 1. The quantitative estimate of drug-likeness (QED) is 0.698. The standard InChI is InChI=1S/C16H15ClO3/c1-2-20-15(18)14(17)16(19)9-11-7-3-5-10-6-4-8-12(16)13(10)11/h3-8,14,19H,2,9H2,1H3. The average molecular weight is 291 g/mol. The van der Waals surface area contributed by atoms with E-state index in [9.17, 15) is 9.90 Å². The van der Waals surface area contributed by atoms with E-state index >= 15 is 0 Å². The van der Waals surface area contributed by atoms with Gasteiger partial charge in [-0.3, -0.25) is 4.79 Å².